The molecule has 19 heavy (non-hydrogen) atoms. The van der Waals surface area contributed by atoms with Gasteiger partial charge in [-0.3, -0.25) is 0 Å². The van der Waals surface area contributed by atoms with Gasteiger partial charge in [-0.25, -0.2) is 4.39 Å². The molecule has 0 spiro atoms. The van der Waals surface area contributed by atoms with Crippen LogP contribution in [0.5, 0.6) is 0 Å². The van der Waals surface area contributed by atoms with Crippen LogP contribution in [-0.2, 0) is 12.8 Å². The number of fused-ring (bicyclic) bond motifs is 1. The van der Waals surface area contributed by atoms with Crippen molar-refractivity contribution >= 4 is 11.6 Å². The maximum Gasteiger partial charge on any atom is 0.142 e. The minimum Gasteiger partial charge on any atom is -0.384 e. The lowest BCUT2D eigenvalue weighted by atomic mass is 9.98. The minimum atomic E-state index is -0.880. The third-order valence-corrected chi connectivity index (χ3v) is 4.11. The maximum absolute atomic E-state index is 13.4. The fourth-order valence-electron chi connectivity index (χ4n) is 2.67. The van der Waals surface area contributed by atoms with Crippen molar-refractivity contribution in [1.29, 1.82) is 0 Å². The Morgan fingerprint density at radius 2 is 1.89 bits per heavy atom. The molecular weight excluding hydrogens is 263 g/mol. The van der Waals surface area contributed by atoms with Crippen LogP contribution >= 0.6 is 11.6 Å². The maximum atomic E-state index is 13.4. The van der Waals surface area contributed by atoms with Crippen molar-refractivity contribution < 1.29 is 9.50 Å². The molecule has 1 aliphatic rings. The van der Waals surface area contributed by atoms with E-state index in [4.69, 9.17) is 11.6 Å². The van der Waals surface area contributed by atoms with E-state index in [0.717, 1.165) is 24.8 Å². The molecule has 1 unspecified atom stereocenters. The first-order valence-electron chi connectivity index (χ1n) is 6.40. The Hall–Kier alpha value is -1.38. The molecule has 98 valence electrons. The molecule has 0 aromatic heterocycles. The zero-order valence-corrected chi connectivity index (χ0v) is 11.1. The number of aliphatic hydroxyl groups excluding tert-OH is 1. The van der Waals surface area contributed by atoms with Crippen molar-refractivity contribution in [1.82, 2.24) is 0 Å². The molecule has 0 amide bonds. The lowest BCUT2D eigenvalue weighted by Crippen LogP contribution is -2.02. The second kappa shape index (κ2) is 4.95. The summed E-state index contributed by atoms with van der Waals surface area (Å²) in [6, 6.07) is 10.5. The summed E-state index contributed by atoms with van der Waals surface area (Å²) in [5, 5.41) is 10.4. The second-order valence-electron chi connectivity index (χ2n) is 4.93. The number of hydrogen-bond acceptors (Lipinski definition) is 1. The smallest absolute Gasteiger partial charge is 0.142 e. The molecule has 0 radical (unpaired) electrons. The Bertz CT molecular complexity index is 624. The van der Waals surface area contributed by atoms with Gasteiger partial charge in [0.05, 0.1) is 5.02 Å². The quantitative estimate of drug-likeness (QED) is 0.877. The van der Waals surface area contributed by atoms with E-state index in [1.165, 1.54) is 17.2 Å². The van der Waals surface area contributed by atoms with Gasteiger partial charge in [0.15, 0.2) is 0 Å². The van der Waals surface area contributed by atoms with Gasteiger partial charge in [-0.2, -0.15) is 0 Å². The van der Waals surface area contributed by atoms with Gasteiger partial charge in [0.2, 0.25) is 0 Å². The third kappa shape index (κ3) is 2.26. The highest BCUT2D eigenvalue weighted by atomic mass is 35.5. The predicted octanol–water partition coefficient (Wildman–Crippen LogP) is 4.05. The molecule has 0 aliphatic heterocycles. The van der Waals surface area contributed by atoms with Crippen LogP contribution < -0.4 is 0 Å². The number of halogens is 2. The molecule has 3 rings (SSSR count). The number of rotatable bonds is 2. The molecule has 1 N–H and O–H groups in total. The van der Waals surface area contributed by atoms with E-state index >= 15 is 0 Å². The molecule has 1 nitrogen and oxygen atoms in total. The zero-order chi connectivity index (χ0) is 13.4. The van der Waals surface area contributed by atoms with Gasteiger partial charge in [0.25, 0.3) is 0 Å². The van der Waals surface area contributed by atoms with Crippen LogP contribution in [0, 0.1) is 5.82 Å². The topological polar surface area (TPSA) is 20.2 Å². The van der Waals surface area contributed by atoms with Crippen LogP contribution in [-0.4, -0.2) is 5.11 Å². The highest BCUT2D eigenvalue weighted by Crippen LogP contribution is 2.32. The summed E-state index contributed by atoms with van der Waals surface area (Å²) >= 11 is 5.92. The molecule has 3 heteroatoms. The summed E-state index contributed by atoms with van der Waals surface area (Å²) in [6.07, 6.45) is 2.43. The molecule has 0 saturated carbocycles. The van der Waals surface area contributed by atoms with E-state index in [2.05, 4.69) is 0 Å². The first-order chi connectivity index (χ1) is 9.16. The van der Waals surface area contributed by atoms with Gasteiger partial charge in [-0.1, -0.05) is 41.9 Å². The number of aliphatic hydroxyl groups is 1. The van der Waals surface area contributed by atoms with Crippen molar-refractivity contribution in [3.8, 4) is 0 Å². The molecule has 0 heterocycles. The summed E-state index contributed by atoms with van der Waals surface area (Å²) in [5.41, 5.74) is 3.82. The van der Waals surface area contributed by atoms with Gasteiger partial charge < -0.3 is 5.11 Å². The summed E-state index contributed by atoms with van der Waals surface area (Å²) < 4.78 is 13.4. The lowest BCUT2D eigenvalue weighted by molar-refractivity contribution is 0.220. The van der Waals surface area contributed by atoms with Gasteiger partial charge in [-0.15, -0.1) is 0 Å². The van der Waals surface area contributed by atoms with Crippen molar-refractivity contribution in [3.05, 3.63) is 69.5 Å². The Kier molecular flexibility index (Phi) is 3.29. The molecule has 0 fully saturated rings. The molecule has 2 aromatic rings. The summed E-state index contributed by atoms with van der Waals surface area (Å²) in [4.78, 5) is 0. The summed E-state index contributed by atoms with van der Waals surface area (Å²) in [6.45, 7) is 0. The average Bonchev–Trinajstić information content (AvgIpc) is 2.88. The first kappa shape index (κ1) is 12.6. The molecule has 0 saturated heterocycles. The van der Waals surface area contributed by atoms with Gasteiger partial charge >= 0.3 is 0 Å². The van der Waals surface area contributed by atoms with Crippen LogP contribution in [0.25, 0.3) is 0 Å². The molecule has 2 aromatic carbocycles. The predicted molar refractivity (Wildman–Crippen MR) is 73.9 cm³/mol. The highest BCUT2D eigenvalue weighted by Gasteiger charge is 2.18. The monoisotopic (exact) mass is 276 g/mol. The van der Waals surface area contributed by atoms with E-state index in [1.807, 2.05) is 18.2 Å². The lowest BCUT2D eigenvalue weighted by Gasteiger charge is -2.14. The number of aryl methyl sites for hydroxylation is 2. The van der Waals surface area contributed by atoms with Crippen LogP contribution in [0.2, 0.25) is 5.02 Å². The first-order valence-corrected chi connectivity index (χ1v) is 6.78. The van der Waals surface area contributed by atoms with E-state index in [9.17, 15) is 9.50 Å². The normalized spacial score (nSPS) is 15.3. The number of benzene rings is 2. The Labute approximate surface area is 116 Å². The Morgan fingerprint density at radius 1 is 1.11 bits per heavy atom. The van der Waals surface area contributed by atoms with Gasteiger partial charge in [0, 0.05) is 5.56 Å². The van der Waals surface area contributed by atoms with Crippen LogP contribution in [0.1, 0.15) is 34.8 Å². The Morgan fingerprint density at radius 3 is 2.74 bits per heavy atom. The van der Waals surface area contributed by atoms with E-state index in [-0.39, 0.29) is 5.02 Å². The summed E-state index contributed by atoms with van der Waals surface area (Å²) in [5.74, 6) is -0.501. The van der Waals surface area contributed by atoms with E-state index in [1.54, 1.807) is 12.1 Å². The third-order valence-electron chi connectivity index (χ3n) is 3.71. The SMILES string of the molecule is OC(c1ccc2c(c1)CCC2)c1cccc(F)c1Cl. The van der Waals surface area contributed by atoms with Crippen molar-refractivity contribution in [3.63, 3.8) is 0 Å². The largest absolute Gasteiger partial charge is 0.384 e. The van der Waals surface area contributed by atoms with E-state index < -0.39 is 11.9 Å². The zero-order valence-electron chi connectivity index (χ0n) is 10.4. The van der Waals surface area contributed by atoms with Crippen LogP contribution in [0.3, 0.4) is 0 Å². The van der Waals surface area contributed by atoms with Gasteiger partial charge in [0.1, 0.15) is 11.9 Å². The molecule has 1 atom stereocenters. The summed E-state index contributed by atoms with van der Waals surface area (Å²) in [7, 11) is 0. The highest BCUT2D eigenvalue weighted by molar-refractivity contribution is 6.31. The second-order valence-corrected chi connectivity index (χ2v) is 5.31. The van der Waals surface area contributed by atoms with Crippen LogP contribution in [0.4, 0.5) is 4.39 Å². The van der Waals surface area contributed by atoms with Crippen molar-refractivity contribution in [2.24, 2.45) is 0 Å². The van der Waals surface area contributed by atoms with Gasteiger partial charge in [-0.05, 0) is 42.0 Å². The molecule has 1 aliphatic carbocycles. The molecular formula is C16H14ClFO. The fourth-order valence-corrected chi connectivity index (χ4v) is 2.90. The van der Waals surface area contributed by atoms with Crippen LogP contribution in [0.15, 0.2) is 36.4 Å². The molecule has 0 bridgehead atoms. The minimum absolute atomic E-state index is 0.00417. The fraction of sp³-hybridized carbons (Fsp3) is 0.250. The standard InChI is InChI=1S/C16H14ClFO/c17-15-13(5-2-6-14(15)18)16(19)12-8-7-10-3-1-4-11(10)9-12/h2,5-9,16,19H,1,3-4H2. The number of hydrogen-bond donors (Lipinski definition) is 1. The Balaban J connectivity index is 2.00. The van der Waals surface area contributed by atoms with Crippen molar-refractivity contribution in [2.75, 3.05) is 0 Å². The van der Waals surface area contributed by atoms with Crippen molar-refractivity contribution in [2.45, 2.75) is 25.4 Å². The average molecular weight is 277 g/mol. The van der Waals surface area contributed by atoms with E-state index in [0.29, 0.717) is 5.56 Å².